The monoisotopic (exact) mass is 215 g/mol. The van der Waals surface area contributed by atoms with E-state index in [1.54, 1.807) is 0 Å². The maximum atomic E-state index is 3.51. The summed E-state index contributed by atoms with van der Waals surface area (Å²) in [6.07, 6.45) is 5.87. The number of nitrogens with one attached hydrogen (secondary N) is 1. The number of hydrogen-bond acceptors (Lipinski definition) is 2. The van der Waals surface area contributed by atoms with Gasteiger partial charge in [0.1, 0.15) is 0 Å². The standard InChI is InChI=1S/C12H25NS/c1-10(2)13-8-11(3)9-14-12-6-4-5-7-12/h10-13H,4-9H2,1-3H3. The van der Waals surface area contributed by atoms with Gasteiger partial charge in [-0.25, -0.2) is 0 Å². The summed E-state index contributed by atoms with van der Waals surface area (Å²) in [6.45, 7) is 7.97. The number of thioether (sulfide) groups is 1. The minimum absolute atomic E-state index is 0.633. The zero-order valence-electron chi connectivity index (χ0n) is 9.88. The zero-order chi connectivity index (χ0) is 10.4. The van der Waals surface area contributed by atoms with E-state index in [9.17, 15) is 0 Å². The highest BCUT2D eigenvalue weighted by atomic mass is 32.2. The van der Waals surface area contributed by atoms with Gasteiger partial charge in [0.05, 0.1) is 0 Å². The molecule has 0 aromatic rings. The quantitative estimate of drug-likeness (QED) is 0.729. The normalized spacial score (nSPS) is 20.6. The van der Waals surface area contributed by atoms with Crippen molar-refractivity contribution >= 4 is 11.8 Å². The summed E-state index contributed by atoms with van der Waals surface area (Å²) in [5, 5.41) is 4.49. The van der Waals surface area contributed by atoms with Crippen LogP contribution in [0.15, 0.2) is 0 Å². The largest absolute Gasteiger partial charge is 0.314 e. The van der Waals surface area contributed by atoms with Crippen LogP contribution in [0.4, 0.5) is 0 Å². The molecule has 1 aliphatic carbocycles. The van der Waals surface area contributed by atoms with Crippen molar-refractivity contribution in [1.82, 2.24) is 5.32 Å². The number of hydrogen-bond donors (Lipinski definition) is 1. The lowest BCUT2D eigenvalue weighted by atomic mass is 10.2. The van der Waals surface area contributed by atoms with Crippen molar-refractivity contribution in [3.05, 3.63) is 0 Å². The van der Waals surface area contributed by atoms with E-state index in [2.05, 4.69) is 37.8 Å². The van der Waals surface area contributed by atoms with Crippen LogP contribution in [0, 0.1) is 5.92 Å². The van der Waals surface area contributed by atoms with Crippen LogP contribution in [0.25, 0.3) is 0 Å². The Kier molecular flexibility index (Phi) is 5.95. The second-order valence-corrected chi connectivity index (χ2v) is 6.24. The molecule has 1 fully saturated rings. The highest BCUT2D eigenvalue weighted by molar-refractivity contribution is 7.99. The van der Waals surface area contributed by atoms with Crippen molar-refractivity contribution in [3.8, 4) is 0 Å². The summed E-state index contributed by atoms with van der Waals surface area (Å²) in [4.78, 5) is 0. The van der Waals surface area contributed by atoms with E-state index in [1.165, 1.54) is 38.0 Å². The second kappa shape index (κ2) is 6.73. The van der Waals surface area contributed by atoms with Crippen LogP contribution in [0.2, 0.25) is 0 Å². The van der Waals surface area contributed by atoms with Crippen molar-refractivity contribution in [2.45, 2.75) is 57.7 Å². The van der Waals surface area contributed by atoms with Gasteiger partial charge in [0.25, 0.3) is 0 Å². The summed E-state index contributed by atoms with van der Waals surface area (Å²) in [5.41, 5.74) is 0. The molecule has 1 atom stereocenters. The Hall–Kier alpha value is 0.310. The van der Waals surface area contributed by atoms with Gasteiger partial charge in [-0.2, -0.15) is 11.8 Å². The fraction of sp³-hybridized carbons (Fsp3) is 1.00. The van der Waals surface area contributed by atoms with Crippen molar-refractivity contribution in [2.75, 3.05) is 12.3 Å². The first-order valence-corrected chi connectivity index (χ1v) is 7.08. The van der Waals surface area contributed by atoms with Gasteiger partial charge in [-0.05, 0) is 31.1 Å². The highest BCUT2D eigenvalue weighted by Gasteiger charge is 2.16. The lowest BCUT2D eigenvalue weighted by molar-refractivity contribution is 0.509. The molecule has 0 aliphatic heterocycles. The van der Waals surface area contributed by atoms with E-state index in [-0.39, 0.29) is 0 Å². The van der Waals surface area contributed by atoms with Gasteiger partial charge in [0.2, 0.25) is 0 Å². The van der Waals surface area contributed by atoms with Crippen molar-refractivity contribution in [3.63, 3.8) is 0 Å². The molecule has 1 rings (SSSR count). The Morgan fingerprint density at radius 2 is 1.86 bits per heavy atom. The molecule has 2 heteroatoms. The van der Waals surface area contributed by atoms with Gasteiger partial charge in [0, 0.05) is 11.3 Å². The Morgan fingerprint density at radius 1 is 1.21 bits per heavy atom. The first-order chi connectivity index (χ1) is 6.68. The van der Waals surface area contributed by atoms with Crippen LogP contribution in [0.5, 0.6) is 0 Å². The van der Waals surface area contributed by atoms with Gasteiger partial charge in [0.15, 0.2) is 0 Å². The SMILES string of the molecule is CC(CNC(C)C)CSC1CCCC1. The molecule has 1 unspecified atom stereocenters. The molecule has 0 heterocycles. The Balaban J connectivity index is 1.99. The second-order valence-electron chi connectivity index (χ2n) is 4.91. The van der Waals surface area contributed by atoms with E-state index < -0.39 is 0 Å². The molecular weight excluding hydrogens is 190 g/mol. The molecule has 1 nitrogen and oxygen atoms in total. The number of rotatable bonds is 6. The predicted molar refractivity (Wildman–Crippen MR) is 67.0 cm³/mol. The molecule has 1 aliphatic rings. The molecule has 0 aromatic heterocycles. The average Bonchev–Trinajstić information content (AvgIpc) is 2.63. The van der Waals surface area contributed by atoms with E-state index in [1.807, 2.05) is 0 Å². The molecule has 1 saturated carbocycles. The van der Waals surface area contributed by atoms with Gasteiger partial charge >= 0.3 is 0 Å². The molecule has 14 heavy (non-hydrogen) atoms. The van der Waals surface area contributed by atoms with Gasteiger partial charge in [-0.3, -0.25) is 0 Å². The lowest BCUT2D eigenvalue weighted by Gasteiger charge is -2.16. The van der Waals surface area contributed by atoms with Crippen molar-refractivity contribution in [2.24, 2.45) is 5.92 Å². The van der Waals surface area contributed by atoms with Gasteiger partial charge in [-0.1, -0.05) is 33.6 Å². The topological polar surface area (TPSA) is 12.0 Å². The van der Waals surface area contributed by atoms with Gasteiger partial charge in [-0.15, -0.1) is 0 Å². The molecule has 0 radical (unpaired) electrons. The third kappa shape index (κ3) is 5.26. The molecule has 0 amide bonds. The van der Waals surface area contributed by atoms with Crippen LogP contribution in [0.1, 0.15) is 46.5 Å². The smallest absolute Gasteiger partial charge is 0.00471 e. The zero-order valence-corrected chi connectivity index (χ0v) is 10.7. The lowest BCUT2D eigenvalue weighted by Crippen LogP contribution is -2.28. The summed E-state index contributed by atoms with van der Waals surface area (Å²) in [7, 11) is 0. The van der Waals surface area contributed by atoms with E-state index >= 15 is 0 Å². The molecule has 84 valence electrons. The first-order valence-electron chi connectivity index (χ1n) is 6.03. The van der Waals surface area contributed by atoms with Crippen LogP contribution in [-0.2, 0) is 0 Å². The van der Waals surface area contributed by atoms with Gasteiger partial charge < -0.3 is 5.32 Å². The summed E-state index contributed by atoms with van der Waals surface area (Å²) < 4.78 is 0. The fourth-order valence-corrected chi connectivity index (χ4v) is 3.24. The predicted octanol–water partition coefficient (Wildman–Crippen LogP) is 3.30. The highest BCUT2D eigenvalue weighted by Crippen LogP contribution is 2.30. The Labute approximate surface area is 93.4 Å². The molecule has 0 bridgehead atoms. The molecule has 0 saturated heterocycles. The van der Waals surface area contributed by atoms with Crippen molar-refractivity contribution in [1.29, 1.82) is 0 Å². The minimum Gasteiger partial charge on any atom is -0.314 e. The summed E-state index contributed by atoms with van der Waals surface area (Å²) >= 11 is 2.20. The maximum absolute atomic E-state index is 3.51. The van der Waals surface area contributed by atoms with E-state index in [0.717, 1.165) is 11.2 Å². The molecule has 1 N–H and O–H groups in total. The van der Waals surface area contributed by atoms with E-state index in [0.29, 0.717) is 6.04 Å². The Bertz CT molecular complexity index is 141. The molecular formula is C12H25NS. The van der Waals surface area contributed by atoms with Crippen LogP contribution in [0.3, 0.4) is 0 Å². The van der Waals surface area contributed by atoms with E-state index in [4.69, 9.17) is 0 Å². The third-order valence-electron chi connectivity index (χ3n) is 2.79. The molecule has 0 aromatic carbocycles. The molecule has 0 spiro atoms. The third-order valence-corrected chi connectivity index (χ3v) is 4.50. The summed E-state index contributed by atoms with van der Waals surface area (Å²) in [6, 6.07) is 0.633. The Morgan fingerprint density at radius 3 is 2.43 bits per heavy atom. The van der Waals surface area contributed by atoms with Crippen LogP contribution >= 0.6 is 11.8 Å². The van der Waals surface area contributed by atoms with Crippen LogP contribution < -0.4 is 5.32 Å². The summed E-state index contributed by atoms with van der Waals surface area (Å²) in [5.74, 6) is 2.16. The first kappa shape index (κ1) is 12.4. The minimum atomic E-state index is 0.633. The average molecular weight is 215 g/mol. The van der Waals surface area contributed by atoms with Crippen LogP contribution in [-0.4, -0.2) is 23.6 Å². The van der Waals surface area contributed by atoms with Crippen molar-refractivity contribution < 1.29 is 0 Å². The maximum Gasteiger partial charge on any atom is 0.00471 e. The fourth-order valence-electron chi connectivity index (χ4n) is 1.85.